The average Bonchev–Trinajstić information content (AvgIpc) is 3.23. The molecule has 0 bridgehead atoms. The Morgan fingerprint density at radius 2 is 1.24 bits per heavy atom. The third-order valence-electron chi connectivity index (χ3n) is 4.81. The first-order valence-electron chi connectivity index (χ1n) is 9.00. The van der Waals surface area contributed by atoms with Gasteiger partial charge in [0.2, 0.25) is 0 Å². The van der Waals surface area contributed by atoms with Crippen molar-refractivity contribution in [3.05, 3.63) is 90.9 Å². The van der Waals surface area contributed by atoms with Crippen LogP contribution in [0.1, 0.15) is 0 Å². The Morgan fingerprint density at radius 1 is 0.655 bits per heavy atom. The summed E-state index contributed by atoms with van der Waals surface area (Å²) in [5, 5.41) is 7.17. The number of hydrogen-bond acceptors (Lipinski definition) is 3. The maximum Gasteiger partial charge on any atom is 0.123 e. The van der Waals surface area contributed by atoms with Crippen LogP contribution in [0.3, 0.4) is 0 Å². The maximum absolute atomic E-state index is 13.6. The molecule has 3 heterocycles. The van der Waals surface area contributed by atoms with E-state index in [0.717, 1.165) is 33.3 Å². The summed E-state index contributed by atoms with van der Waals surface area (Å²) in [5.41, 5.74) is 6.26. The fraction of sp³-hybridized carbons (Fsp3) is 0. The minimum atomic E-state index is -0.317. The summed E-state index contributed by atoms with van der Waals surface area (Å²) in [6, 6.07) is 16.3. The van der Waals surface area contributed by atoms with E-state index in [9.17, 15) is 8.78 Å². The molecule has 3 aromatic heterocycles. The summed E-state index contributed by atoms with van der Waals surface area (Å²) < 4.78 is 27.1. The monoisotopic (exact) mass is 384 g/mol. The lowest BCUT2D eigenvalue weighted by molar-refractivity contribution is 0.627. The van der Waals surface area contributed by atoms with E-state index in [-0.39, 0.29) is 11.6 Å². The number of H-pyrrole nitrogens is 1. The topological polar surface area (TPSA) is 54.5 Å². The number of fused-ring (bicyclic) bond motifs is 1. The van der Waals surface area contributed by atoms with Crippen LogP contribution in [-0.4, -0.2) is 20.2 Å². The van der Waals surface area contributed by atoms with Crippen molar-refractivity contribution < 1.29 is 8.78 Å². The molecule has 0 atom stereocenters. The standard InChI is InChI=1S/C23H14F2N4/c24-17-5-1-14(2-6-17)21-20(15-9-11-26-12-10-15)22(16-3-7-18(25)8-4-16)28-19-13-27-29-23(19)21/h1-13H,(H,27,29). The molecular weight excluding hydrogens is 370 g/mol. The normalized spacial score (nSPS) is 11.1. The van der Waals surface area contributed by atoms with Gasteiger partial charge in [0.05, 0.1) is 17.4 Å². The second-order valence-electron chi connectivity index (χ2n) is 6.59. The number of aromatic amines is 1. The van der Waals surface area contributed by atoms with Gasteiger partial charge in [0.1, 0.15) is 17.2 Å². The SMILES string of the molecule is Fc1ccc(-c2nc3cn[nH]c3c(-c3ccc(F)cc3)c2-c2ccncc2)cc1. The molecule has 2 aromatic carbocycles. The lowest BCUT2D eigenvalue weighted by atomic mass is 9.90. The van der Waals surface area contributed by atoms with Gasteiger partial charge in [-0.05, 0) is 59.7 Å². The Morgan fingerprint density at radius 3 is 1.90 bits per heavy atom. The molecule has 0 aliphatic carbocycles. The first kappa shape index (κ1) is 17.2. The fourth-order valence-corrected chi connectivity index (χ4v) is 3.49. The molecule has 0 radical (unpaired) electrons. The fourth-order valence-electron chi connectivity index (χ4n) is 3.49. The lowest BCUT2D eigenvalue weighted by Gasteiger charge is -2.16. The largest absolute Gasteiger partial charge is 0.276 e. The Hall–Kier alpha value is -3.93. The van der Waals surface area contributed by atoms with E-state index >= 15 is 0 Å². The third-order valence-corrected chi connectivity index (χ3v) is 4.81. The van der Waals surface area contributed by atoms with Crippen molar-refractivity contribution in [2.75, 3.05) is 0 Å². The van der Waals surface area contributed by atoms with Crippen LogP contribution in [0, 0.1) is 11.6 Å². The highest BCUT2D eigenvalue weighted by atomic mass is 19.1. The zero-order valence-corrected chi connectivity index (χ0v) is 15.1. The van der Waals surface area contributed by atoms with Crippen molar-refractivity contribution in [3.8, 4) is 33.5 Å². The molecular formula is C23H14F2N4. The quantitative estimate of drug-likeness (QED) is 0.438. The summed E-state index contributed by atoms with van der Waals surface area (Å²) >= 11 is 0. The molecule has 0 saturated heterocycles. The molecule has 0 aliphatic rings. The van der Waals surface area contributed by atoms with Gasteiger partial charge in [-0.2, -0.15) is 5.10 Å². The van der Waals surface area contributed by atoms with Gasteiger partial charge in [-0.15, -0.1) is 0 Å². The van der Waals surface area contributed by atoms with Gasteiger partial charge in [-0.1, -0.05) is 12.1 Å². The van der Waals surface area contributed by atoms with E-state index in [1.807, 2.05) is 12.1 Å². The molecule has 4 nitrogen and oxygen atoms in total. The van der Waals surface area contributed by atoms with Crippen LogP contribution in [0.5, 0.6) is 0 Å². The van der Waals surface area contributed by atoms with Gasteiger partial charge >= 0.3 is 0 Å². The summed E-state index contributed by atoms with van der Waals surface area (Å²) in [4.78, 5) is 8.92. The number of nitrogens with one attached hydrogen (secondary N) is 1. The van der Waals surface area contributed by atoms with Gasteiger partial charge in [-0.3, -0.25) is 10.1 Å². The van der Waals surface area contributed by atoms with E-state index in [0.29, 0.717) is 11.2 Å². The second kappa shape index (κ2) is 6.91. The molecule has 0 spiro atoms. The third kappa shape index (κ3) is 3.04. The van der Waals surface area contributed by atoms with Gasteiger partial charge in [0.25, 0.3) is 0 Å². The van der Waals surface area contributed by atoms with Crippen LogP contribution in [0.25, 0.3) is 44.5 Å². The molecule has 0 unspecified atom stereocenters. The molecule has 5 rings (SSSR count). The molecule has 5 aromatic rings. The van der Waals surface area contributed by atoms with Crippen molar-refractivity contribution >= 4 is 11.0 Å². The first-order valence-corrected chi connectivity index (χ1v) is 9.00. The van der Waals surface area contributed by atoms with E-state index in [1.54, 1.807) is 42.9 Å². The molecule has 140 valence electrons. The first-order chi connectivity index (χ1) is 14.2. The van der Waals surface area contributed by atoms with Crippen molar-refractivity contribution in [1.29, 1.82) is 0 Å². The Balaban J connectivity index is 1.92. The molecule has 29 heavy (non-hydrogen) atoms. The van der Waals surface area contributed by atoms with Crippen LogP contribution >= 0.6 is 0 Å². The van der Waals surface area contributed by atoms with E-state index in [1.165, 1.54) is 24.3 Å². The Labute approximate surface area is 164 Å². The minimum absolute atomic E-state index is 0.312. The van der Waals surface area contributed by atoms with Crippen molar-refractivity contribution in [1.82, 2.24) is 20.2 Å². The second-order valence-corrected chi connectivity index (χ2v) is 6.59. The van der Waals surface area contributed by atoms with Gasteiger partial charge in [-0.25, -0.2) is 13.8 Å². The average molecular weight is 384 g/mol. The summed E-state index contributed by atoms with van der Waals surface area (Å²) in [7, 11) is 0. The number of aromatic nitrogens is 4. The Kier molecular flexibility index (Phi) is 4.09. The van der Waals surface area contributed by atoms with Crippen LogP contribution in [-0.2, 0) is 0 Å². The highest BCUT2D eigenvalue weighted by Crippen LogP contribution is 2.42. The summed E-state index contributed by atoms with van der Waals surface area (Å²) in [5.74, 6) is -0.629. The van der Waals surface area contributed by atoms with E-state index in [2.05, 4.69) is 15.2 Å². The lowest BCUT2D eigenvalue weighted by Crippen LogP contribution is -1.96. The highest BCUT2D eigenvalue weighted by molar-refractivity contribution is 6.05. The molecule has 0 aliphatic heterocycles. The smallest absolute Gasteiger partial charge is 0.123 e. The highest BCUT2D eigenvalue weighted by Gasteiger charge is 2.20. The van der Waals surface area contributed by atoms with Crippen LogP contribution in [0.4, 0.5) is 8.78 Å². The van der Waals surface area contributed by atoms with E-state index < -0.39 is 0 Å². The van der Waals surface area contributed by atoms with Crippen molar-refractivity contribution in [2.45, 2.75) is 0 Å². The van der Waals surface area contributed by atoms with Gasteiger partial charge < -0.3 is 0 Å². The zero-order chi connectivity index (χ0) is 19.8. The zero-order valence-electron chi connectivity index (χ0n) is 15.1. The van der Waals surface area contributed by atoms with Crippen LogP contribution in [0.15, 0.2) is 79.3 Å². The number of benzene rings is 2. The minimum Gasteiger partial charge on any atom is -0.276 e. The number of pyridine rings is 2. The molecule has 0 saturated carbocycles. The molecule has 1 N–H and O–H groups in total. The van der Waals surface area contributed by atoms with Crippen LogP contribution < -0.4 is 0 Å². The molecule has 0 fully saturated rings. The van der Waals surface area contributed by atoms with Gasteiger partial charge in [0, 0.05) is 29.1 Å². The van der Waals surface area contributed by atoms with Crippen molar-refractivity contribution in [3.63, 3.8) is 0 Å². The summed E-state index contributed by atoms with van der Waals surface area (Å²) in [6.45, 7) is 0. The number of hydrogen-bond donors (Lipinski definition) is 1. The molecule has 0 amide bonds. The van der Waals surface area contributed by atoms with Crippen LogP contribution in [0.2, 0.25) is 0 Å². The van der Waals surface area contributed by atoms with Gasteiger partial charge in [0.15, 0.2) is 0 Å². The number of nitrogens with zero attached hydrogens (tertiary/aromatic N) is 3. The number of rotatable bonds is 3. The Bertz CT molecular complexity index is 1300. The predicted molar refractivity (Wildman–Crippen MR) is 108 cm³/mol. The van der Waals surface area contributed by atoms with E-state index in [4.69, 9.17) is 4.98 Å². The van der Waals surface area contributed by atoms with Crippen molar-refractivity contribution in [2.24, 2.45) is 0 Å². The maximum atomic E-state index is 13.6. The summed E-state index contributed by atoms with van der Waals surface area (Å²) in [6.07, 6.45) is 5.05. The predicted octanol–water partition coefficient (Wildman–Crippen LogP) is 5.63. The molecule has 6 heteroatoms. The number of halogens is 2.